The smallest absolute Gasteiger partial charge is 0.277 e. The van der Waals surface area contributed by atoms with Crippen molar-refractivity contribution in [2.45, 2.75) is 6.61 Å². The number of hydrogen-bond donors (Lipinski definition) is 0. The lowest BCUT2D eigenvalue weighted by Gasteiger charge is -2.09. The zero-order valence-corrected chi connectivity index (χ0v) is 13.8. The Morgan fingerprint density at radius 1 is 1.14 bits per heavy atom. The quantitative estimate of drug-likeness (QED) is 0.410. The van der Waals surface area contributed by atoms with Crippen LogP contribution >= 0.6 is 31.9 Å². The SMILES string of the molecule is O=Cc1cc(Br)ccc1OCc1ccc(Br)cc1[N+](=O)[O-]. The van der Waals surface area contributed by atoms with Crippen molar-refractivity contribution in [2.75, 3.05) is 0 Å². The summed E-state index contributed by atoms with van der Waals surface area (Å²) in [6.07, 6.45) is 0.677. The van der Waals surface area contributed by atoms with E-state index in [9.17, 15) is 14.9 Å². The van der Waals surface area contributed by atoms with Crippen LogP contribution in [0.4, 0.5) is 5.69 Å². The van der Waals surface area contributed by atoms with E-state index < -0.39 is 4.92 Å². The Hall–Kier alpha value is -1.73. The van der Waals surface area contributed by atoms with Gasteiger partial charge in [-0.05, 0) is 30.3 Å². The molecule has 7 heteroatoms. The molecule has 0 amide bonds. The second-order valence-corrected chi connectivity index (χ2v) is 5.95. The van der Waals surface area contributed by atoms with Gasteiger partial charge in [0.25, 0.3) is 5.69 Å². The van der Waals surface area contributed by atoms with E-state index in [1.807, 2.05) is 0 Å². The van der Waals surface area contributed by atoms with Crippen LogP contribution < -0.4 is 4.74 Å². The van der Waals surface area contributed by atoms with Gasteiger partial charge in [-0.1, -0.05) is 31.9 Å². The zero-order valence-electron chi connectivity index (χ0n) is 10.6. The standard InChI is InChI=1S/C14H9Br2NO4/c15-11-3-4-14(10(5-11)7-18)21-8-9-1-2-12(16)6-13(9)17(19)20/h1-7H,8H2. The molecule has 0 spiro atoms. The van der Waals surface area contributed by atoms with E-state index >= 15 is 0 Å². The molecule has 0 radical (unpaired) electrons. The molecule has 0 bridgehead atoms. The fraction of sp³-hybridized carbons (Fsp3) is 0.0714. The average Bonchev–Trinajstić information content (AvgIpc) is 2.46. The number of hydrogen-bond acceptors (Lipinski definition) is 4. The Morgan fingerprint density at radius 3 is 2.48 bits per heavy atom. The predicted molar refractivity (Wildman–Crippen MR) is 84.7 cm³/mol. The maximum atomic E-state index is 11.0. The second-order valence-electron chi connectivity index (χ2n) is 4.12. The summed E-state index contributed by atoms with van der Waals surface area (Å²) in [7, 11) is 0. The first-order chi connectivity index (χ1) is 10.0. The number of ether oxygens (including phenoxy) is 1. The highest BCUT2D eigenvalue weighted by atomic mass is 79.9. The maximum absolute atomic E-state index is 11.0. The van der Waals surface area contributed by atoms with E-state index in [0.29, 0.717) is 27.6 Å². The van der Waals surface area contributed by atoms with Gasteiger partial charge in [-0.2, -0.15) is 0 Å². The zero-order chi connectivity index (χ0) is 15.4. The summed E-state index contributed by atoms with van der Waals surface area (Å²) in [5.74, 6) is 0.380. The van der Waals surface area contributed by atoms with Gasteiger partial charge < -0.3 is 4.74 Å². The van der Waals surface area contributed by atoms with Crippen molar-refractivity contribution >= 4 is 43.8 Å². The van der Waals surface area contributed by atoms with Gasteiger partial charge in [-0.25, -0.2) is 0 Å². The number of carbonyl (C=O) groups excluding carboxylic acids is 1. The molecule has 0 heterocycles. The van der Waals surface area contributed by atoms with Gasteiger partial charge in [0.1, 0.15) is 12.4 Å². The number of nitro benzene ring substituents is 1. The summed E-state index contributed by atoms with van der Waals surface area (Å²) in [6, 6.07) is 9.73. The Bertz CT molecular complexity index is 703. The molecule has 108 valence electrons. The van der Waals surface area contributed by atoms with Gasteiger partial charge in [0.05, 0.1) is 16.1 Å². The van der Waals surface area contributed by atoms with Crippen molar-refractivity contribution in [1.29, 1.82) is 0 Å². The fourth-order valence-electron chi connectivity index (χ4n) is 1.73. The minimum Gasteiger partial charge on any atom is -0.488 e. The molecule has 2 rings (SSSR count). The van der Waals surface area contributed by atoms with Crippen molar-refractivity contribution in [3.63, 3.8) is 0 Å². The second kappa shape index (κ2) is 6.82. The molecule has 0 N–H and O–H groups in total. The van der Waals surface area contributed by atoms with Crippen LogP contribution in [-0.4, -0.2) is 11.2 Å². The molecule has 5 nitrogen and oxygen atoms in total. The molecule has 2 aromatic rings. The monoisotopic (exact) mass is 413 g/mol. The number of aldehydes is 1. The number of halogens is 2. The van der Waals surface area contributed by atoms with Crippen molar-refractivity contribution in [1.82, 2.24) is 0 Å². The molecule has 0 unspecified atom stereocenters. The Balaban J connectivity index is 2.24. The lowest BCUT2D eigenvalue weighted by Crippen LogP contribution is -2.02. The molecule has 0 aliphatic rings. The van der Waals surface area contributed by atoms with Crippen LogP contribution in [0.2, 0.25) is 0 Å². The van der Waals surface area contributed by atoms with Gasteiger partial charge in [0.15, 0.2) is 6.29 Å². The summed E-state index contributed by atoms with van der Waals surface area (Å²) >= 11 is 6.46. The summed E-state index contributed by atoms with van der Waals surface area (Å²) in [6.45, 7) is 0.00602. The molecule has 0 saturated carbocycles. The topological polar surface area (TPSA) is 69.4 Å². The van der Waals surface area contributed by atoms with Crippen molar-refractivity contribution < 1.29 is 14.5 Å². The van der Waals surface area contributed by atoms with Crippen LogP contribution in [0.5, 0.6) is 5.75 Å². The van der Waals surface area contributed by atoms with Crippen molar-refractivity contribution in [3.8, 4) is 5.75 Å². The van der Waals surface area contributed by atoms with Crippen LogP contribution in [0.1, 0.15) is 15.9 Å². The first-order valence-corrected chi connectivity index (χ1v) is 7.40. The summed E-state index contributed by atoms with van der Waals surface area (Å²) in [4.78, 5) is 21.5. The molecular formula is C14H9Br2NO4. The molecular weight excluding hydrogens is 406 g/mol. The van der Waals surface area contributed by atoms with Gasteiger partial charge in [0, 0.05) is 15.0 Å². The first-order valence-electron chi connectivity index (χ1n) is 5.81. The summed E-state index contributed by atoms with van der Waals surface area (Å²) in [5.41, 5.74) is 0.779. The van der Waals surface area contributed by atoms with Gasteiger partial charge in [-0.15, -0.1) is 0 Å². The highest BCUT2D eigenvalue weighted by Gasteiger charge is 2.15. The average molecular weight is 415 g/mol. The Morgan fingerprint density at radius 2 is 1.81 bits per heavy atom. The van der Waals surface area contributed by atoms with Crippen LogP contribution in [0, 0.1) is 10.1 Å². The van der Waals surface area contributed by atoms with E-state index in [4.69, 9.17) is 4.74 Å². The Kier molecular flexibility index (Phi) is 5.08. The van der Waals surface area contributed by atoms with E-state index in [1.165, 1.54) is 6.07 Å². The minimum atomic E-state index is -0.467. The fourth-order valence-corrected chi connectivity index (χ4v) is 2.46. The molecule has 0 saturated heterocycles. The first kappa shape index (κ1) is 15.7. The number of benzene rings is 2. The van der Waals surface area contributed by atoms with Crippen LogP contribution in [0.15, 0.2) is 45.3 Å². The minimum absolute atomic E-state index is 0.00602. The largest absolute Gasteiger partial charge is 0.488 e. The van der Waals surface area contributed by atoms with E-state index in [-0.39, 0.29) is 12.3 Å². The maximum Gasteiger partial charge on any atom is 0.277 e. The van der Waals surface area contributed by atoms with Crippen LogP contribution in [0.3, 0.4) is 0 Å². The molecule has 0 aliphatic heterocycles. The molecule has 0 aromatic heterocycles. The predicted octanol–water partition coefficient (Wildman–Crippen LogP) is 4.51. The lowest BCUT2D eigenvalue weighted by molar-refractivity contribution is -0.385. The van der Waals surface area contributed by atoms with Gasteiger partial charge in [0.2, 0.25) is 0 Å². The normalized spacial score (nSPS) is 10.2. The molecule has 0 aliphatic carbocycles. The molecule has 0 atom stereocenters. The van der Waals surface area contributed by atoms with Crippen LogP contribution in [-0.2, 0) is 6.61 Å². The third-order valence-corrected chi connectivity index (χ3v) is 3.71. The highest BCUT2D eigenvalue weighted by Crippen LogP contribution is 2.27. The number of nitrogens with zero attached hydrogens (tertiary/aromatic N) is 1. The van der Waals surface area contributed by atoms with E-state index in [0.717, 1.165) is 4.47 Å². The highest BCUT2D eigenvalue weighted by molar-refractivity contribution is 9.10. The number of rotatable bonds is 5. The summed E-state index contributed by atoms with van der Waals surface area (Å²) < 4.78 is 6.90. The summed E-state index contributed by atoms with van der Waals surface area (Å²) in [5, 5.41) is 11.0. The number of carbonyl (C=O) groups is 1. The van der Waals surface area contributed by atoms with E-state index in [2.05, 4.69) is 31.9 Å². The van der Waals surface area contributed by atoms with Crippen molar-refractivity contribution in [2.24, 2.45) is 0 Å². The van der Waals surface area contributed by atoms with Gasteiger partial charge >= 0.3 is 0 Å². The van der Waals surface area contributed by atoms with E-state index in [1.54, 1.807) is 30.3 Å². The molecule has 2 aromatic carbocycles. The number of nitro groups is 1. The Labute approximate surface area is 137 Å². The van der Waals surface area contributed by atoms with Crippen LogP contribution in [0.25, 0.3) is 0 Å². The lowest BCUT2D eigenvalue weighted by atomic mass is 10.2. The van der Waals surface area contributed by atoms with Crippen molar-refractivity contribution in [3.05, 3.63) is 66.6 Å². The van der Waals surface area contributed by atoms with Gasteiger partial charge in [-0.3, -0.25) is 14.9 Å². The third kappa shape index (κ3) is 3.89. The molecule has 0 fully saturated rings. The third-order valence-electron chi connectivity index (χ3n) is 2.73. The molecule has 21 heavy (non-hydrogen) atoms.